The molecule has 0 atom stereocenters. The molecule has 0 heterocycles. The van der Waals surface area contributed by atoms with Crippen LogP contribution in [0, 0.1) is 0 Å². The van der Waals surface area contributed by atoms with Gasteiger partial charge < -0.3 is 11.1 Å². The molecule has 0 unspecified atom stereocenters. The molecule has 4 heteroatoms. The van der Waals surface area contributed by atoms with E-state index in [-0.39, 0.29) is 0 Å². The summed E-state index contributed by atoms with van der Waals surface area (Å²) >= 11 is 6.02. The molecule has 3 N–H and O–H groups in total. The zero-order chi connectivity index (χ0) is 12.3. The van der Waals surface area contributed by atoms with Crippen molar-refractivity contribution in [2.75, 3.05) is 5.32 Å². The predicted molar refractivity (Wildman–Crippen MR) is 69.7 cm³/mol. The van der Waals surface area contributed by atoms with Crippen molar-refractivity contribution in [1.29, 1.82) is 0 Å². The average Bonchev–Trinajstić information content (AvgIpc) is 2.32. The number of halogens is 1. The molecule has 0 aliphatic carbocycles. The second-order valence-electron chi connectivity index (χ2n) is 3.55. The summed E-state index contributed by atoms with van der Waals surface area (Å²) in [5, 5.41) is 3.75. The first-order valence-corrected chi connectivity index (χ1v) is 5.46. The number of para-hydroxylation sites is 1. The van der Waals surface area contributed by atoms with Crippen molar-refractivity contribution >= 4 is 28.9 Å². The molecule has 3 nitrogen and oxygen atoms in total. The van der Waals surface area contributed by atoms with Gasteiger partial charge in [-0.15, -0.1) is 0 Å². The molecule has 2 aromatic carbocycles. The van der Waals surface area contributed by atoms with Gasteiger partial charge in [-0.25, -0.2) is 0 Å². The number of hydrogen-bond donors (Lipinski definition) is 2. The summed E-state index contributed by atoms with van der Waals surface area (Å²) in [5.74, 6) is -0.451. The van der Waals surface area contributed by atoms with E-state index in [0.29, 0.717) is 10.6 Å². The molecule has 0 radical (unpaired) electrons. The number of anilines is 2. The first-order valence-electron chi connectivity index (χ1n) is 5.08. The average molecular weight is 247 g/mol. The number of nitrogens with one attached hydrogen (secondary N) is 1. The summed E-state index contributed by atoms with van der Waals surface area (Å²) in [6, 6.07) is 14.3. The van der Waals surface area contributed by atoms with Crippen LogP contribution in [0.15, 0.2) is 48.5 Å². The zero-order valence-corrected chi connectivity index (χ0v) is 9.74. The molecule has 0 aliphatic rings. The van der Waals surface area contributed by atoms with Crippen LogP contribution >= 0.6 is 11.6 Å². The highest BCUT2D eigenvalue weighted by Crippen LogP contribution is 2.25. The van der Waals surface area contributed by atoms with Gasteiger partial charge in [0.2, 0.25) is 5.91 Å². The lowest BCUT2D eigenvalue weighted by Crippen LogP contribution is -2.10. The molecule has 0 spiro atoms. The number of benzene rings is 2. The highest BCUT2D eigenvalue weighted by atomic mass is 35.5. The third-order valence-corrected chi connectivity index (χ3v) is 2.63. The van der Waals surface area contributed by atoms with Crippen LogP contribution in [0.25, 0.3) is 0 Å². The topological polar surface area (TPSA) is 55.1 Å². The number of carbonyl (C=O) groups excluding carboxylic acids is 1. The van der Waals surface area contributed by atoms with Crippen LogP contribution in [0.2, 0.25) is 5.02 Å². The monoisotopic (exact) mass is 246 g/mol. The second-order valence-corrected chi connectivity index (χ2v) is 3.96. The molecule has 0 saturated carbocycles. The van der Waals surface area contributed by atoms with Gasteiger partial charge in [0.15, 0.2) is 0 Å². The minimum absolute atomic E-state index is 0.451. The van der Waals surface area contributed by atoms with Crippen molar-refractivity contribution in [3.8, 4) is 0 Å². The van der Waals surface area contributed by atoms with E-state index in [1.54, 1.807) is 24.3 Å². The fourth-order valence-electron chi connectivity index (χ4n) is 1.47. The molecule has 17 heavy (non-hydrogen) atoms. The minimum atomic E-state index is -0.451. The van der Waals surface area contributed by atoms with Crippen molar-refractivity contribution in [2.24, 2.45) is 5.73 Å². The number of nitrogens with two attached hydrogens (primary N) is 1. The highest BCUT2D eigenvalue weighted by molar-refractivity contribution is 6.33. The number of carbonyl (C=O) groups is 1. The van der Waals surface area contributed by atoms with Crippen LogP contribution in [-0.4, -0.2) is 5.91 Å². The maximum atomic E-state index is 11.0. The Labute approximate surface area is 104 Å². The maximum absolute atomic E-state index is 11.0. The Balaban J connectivity index is 2.28. The summed E-state index contributed by atoms with van der Waals surface area (Å²) in [5.41, 5.74) is 7.23. The minimum Gasteiger partial charge on any atom is -0.366 e. The van der Waals surface area contributed by atoms with E-state index in [1.807, 2.05) is 24.3 Å². The Morgan fingerprint density at radius 3 is 2.59 bits per heavy atom. The van der Waals surface area contributed by atoms with Crippen LogP contribution < -0.4 is 11.1 Å². The molecule has 0 fully saturated rings. The van der Waals surface area contributed by atoms with Gasteiger partial charge in [-0.3, -0.25) is 4.79 Å². The van der Waals surface area contributed by atoms with Gasteiger partial charge in [0.1, 0.15) is 0 Å². The first-order chi connectivity index (χ1) is 8.16. The standard InChI is InChI=1S/C13H11ClN2O/c14-11-6-1-2-7-12(11)16-10-5-3-4-9(8-10)13(15)17/h1-8,16H,(H2,15,17). The lowest BCUT2D eigenvalue weighted by molar-refractivity contribution is 0.100. The van der Waals surface area contributed by atoms with Crippen LogP contribution in [0.5, 0.6) is 0 Å². The lowest BCUT2D eigenvalue weighted by Gasteiger charge is -2.08. The Morgan fingerprint density at radius 2 is 1.88 bits per heavy atom. The molecule has 2 aromatic rings. The largest absolute Gasteiger partial charge is 0.366 e. The number of amides is 1. The van der Waals surface area contributed by atoms with Crippen molar-refractivity contribution < 1.29 is 4.79 Å². The molecule has 1 amide bonds. The second kappa shape index (κ2) is 4.89. The quantitative estimate of drug-likeness (QED) is 0.874. The normalized spacial score (nSPS) is 9.94. The molecule has 0 aliphatic heterocycles. The fourth-order valence-corrected chi connectivity index (χ4v) is 1.65. The van der Waals surface area contributed by atoms with Gasteiger partial charge in [-0.2, -0.15) is 0 Å². The van der Waals surface area contributed by atoms with E-state index in [2.05, 4.69) is 5.32 Å². The van der Waals surface area contributed by atoms with E-state index >= 15 is 0 Å². The van der Waals surface area contributed by atoms with Crippen molar-refractivity contribution in [3.63, 3.8) is 0 Å². The van der Waals surface area contributed by atoms with Gasteiger partial charge in [-0.05, 0) is 30.3 Å². The molecule has 86 valence electrons. The van der Waals surface area contributed by atoms with E-state index in [4.69, 9.17) is 17.3 Å². The first kappa shape index (κ1) is 11.5. The maximum Gasteiger partial charge on any atom is 0.248 e. The van der Waals surface area contributed by atoms with Crippen molar-refractivity contribution in [1.82, 2.24) is 0 Å². The van der Waals surface area contributed by atoms with Gasteiger partial charge in [0.25, 0.3) is 0 Å². The zero-order valence-electron chi connectivity index (χ0n) is 8.98. The molecule has 0 bridgehead atoms. The lowest BCUT2D eigenvalue weighted by atomic mass is 10.2. The van der Waals surface area contributed by atoms with Crippen LogP contribution in [0.3, 0.4) is 0 Å². The molecule has 0 aromatic heterocycles. The van der Waals surface area contributed by atoms with Crippen molar-refractivity contribution in [2.45, 2.75) is 0 Å². The van der Waals surface area contributed by atoms with E-state index in [9.17, 15) is 4.79 Å². The number of rotatable bonds is 3. The Morgan fingerprint density at radius 1 is 1.12 bits per heavy atom. The molecular formula is C13H11ClN2O. The molecule has 0 saturated heterocycles. The van der Waals surface area contributed by atoms with Gasteiger partial charge in [0.05, 0.1) is 10.7 Å². The van der Waals surface area contributed by atoms with Crippen molar-refractivity contribution in [3.05, 3.63) is 59.1 Å². The fraction of sp³-hybridized carbons (Fsp3) is 0. The van der Waals surface area contributed by atoms with E-state index < -0.39 is 5.91 Å². The van der Waals surface area contributed by atoms with Crippen LogP contribution in [0.1, 0.15) is 10.4 Å². The third kappa shape index (κ3) is 2.77. The van der Waals surface area contributed by atoms with E-state index in [1.165, 1.54) is 0 Å². The molecule has 2 rings (SSSR count). The van der Waals surface area contributed by atoms with Crippen LogP contribution in [0.4, 0.5) is 11.4 Å². The Kier molecular flexibility index (Phi) is 3.30. The molecular weight excluding hydrogens is 236 g/mol. The van der Waals surface area contributed by atoms with Gasteiger partial charge in [-0.1, -0.05) is 29.8 Å². The highest BCUT2D eigenvalue weighted by Gasteiger charge is 2.03. The summed E-state index contributed by atoms with van der Waals surface area (Å²) in [6.45, 7) is 0. The summed E-state index contributed by atoms with van der Waals surface area (Å²) in [7, 11) is 0. The summed E-state index contributed by atoms with van der Waals surface area (Å²) < 4.78 is 0. The Hall–Kier alpha value is -2.00. The summed E-state index contributed by atoms with van der Waals surface area (Å²) in [6.07, 6.45) is 0. The smallest absolute Gasteiger partial charge is 0.248 e. The Bertz CT molecular complexity index is 555. The van der Waals surface area contributed by atoms with Gasteiger partial charge in [0, 0.05) is 11.3 Å². The van der Waals surface area contributed by atoms with Gasteiger partial charge >= 0.3 is 0 Å². The predicted octanol–water partition coefficient (Wildman–Crippen LogP) is 3.18. The number of hydrogen-bond acceptors (Lipinski definition) is 2. The third-order valence-electron chi connectivity index (χ3n) is 2.30. The number of primary amides is 1. The SMILES string of the molecule is NC(=O)c1cccc(Nc2ccccc2Cl)c1. The van der Waals surface area contributed by atoms with E-state index in [0.717, 1.165) is 11.4 Å². The summed E-state index contributed by atoms with van der Waals surface area (Å²) in [4.78, 5) is 11.0. The van der Waals surface area contributed by atoms with Crippen LogP contribution in [-0.2, 0) is 0 Å².